The molecular weight excluding hydrogens is 363 g/mol. The lowest BCUT2D eigenvalue weighted by Crippen LogP contribution is -2.15. The zero-order chi connectivity index (χ0) is 19.5. The van der Waals surface area contributed by atoms with Crippen LogP contribution in [0, 0.1) is 6.92 Å². The van der Waals surface area contributed by atoms with Gasteiger partial charge in [0, 0.05) is 17.4 Å². The minimum atomic E-state index is -0.417. The highest BCUT2D eigenvalue weighted by molar-refractivity contribution is 6.04. The summed E-state index contributed by atoms with van der Waals surface area (Å²) in [6, 6.07) is 7.30. The van der Waals surface area contributed by atoms with Gasteiger partial charge in [-0.05, 0) is 37.5 Å². The molecule has 1 fully saturated rings. The molecule has 4 aromatic rings. The molecule has 3 aromatic heterocycles. The molecule has 1 aliphatic carbocycles. The molecule has 0 saturated heterocycles. The summed E-state index contributed by atoms with van der Waals surface area (Å²) in [6.07, 6.45) is 7.19. The summed E-state index contributed by atoms with van der Waals surface area (Å²) < 4.78 is 17.5. The van der Waals surface area contributed by atoms with Gasteiger partial charge >= 0.3 is 0 Å². The number of nitrogens with one attached hydrogen (secondary N) is 1. The fourth-order valence-corrected chi connectivity index (χ4v) is 2.45. The highest BCUT2D eigenvalue weighted by Gasteiger charge is 2.18. The van der Waals surface area contributed by atoms with Crippen molar-refractivity contribution in [2.24, 2.45) is 0 Å². The molecule has 1 N–H and O–H groups in total. The number of nitrogens with zero attached hydrogens (tertiary/aromatic N) is 5. The van der Waals surface area contributed by atoms with Crippen molar-refractivity contribution in [1.82, 2.24) is 24.5 Å². The van der Waals surface area contributed by atoms with Crippen molar-refractivity contribution >= 4 is 17.2 Å². The Morgan fingerprint density at radius 2 is 2.11 bits per heavy atom. The van der Waals surface area contributed by atoms with Crippen molar-refractivity contribution in [3.63, 3.8) is 0 Å². The smallest absolute Gasteiger partial charge is 0.274 e. The maximum atomic E-state index is 12.6. The van der Waals surface area contributed by atoms with E-state index in [9.17, 15) is 9.18 Å². The molecule has 8 nitrogen and oxygen atoms in total. The Kier molecular flexibility index (Phi) is 4.79. The second-order valence-corrected chi connectivity index (χ2v) is 6.37. The van der Waals surface area contributed by atoms with E-state index < -0.39 is 6.17 Å². The predicted octanol–water partition coefficient (Wildman–Crippen LogP) is 3.46. The predicted molar refractivity (Wildman–Crippen MR) is 99.5 cm³/mol. The van der Waals surface area contributed by atoms with Crippen molar-refractivity contribution in [2.45, 2.75) is 25.9 Å². The van der Waals surface area contributed by atoms with Gasteiger partial charge < -0.3 is 9.84 Å². The van der Waals surface area contributed by atoms with Crippen molar-refractivity contribution in [1.29, 1.82) is 0 Å². The van der Waals surface area contributed by atoms with Gasteiger partial charge in [0.25, 0.3) is 5.91 Å². The first kappa shape index (κ1) is 17.8. The zero-order valence-electron chi connectivity index (χ0n) is 15.0. The first-order chi connectivity index (χ1) is 13.6. The third-order valence-electron chi connectivity index (χ3n) is 4.16. The highest BCUT2D eigenvalue weighted by atomic mass is 19.1. The average Bonchev–Trinajstić information content (AvgIpc) is 3.16. The Labute approximate surface area is 159 Å². The fourth-order valence-electron chi connectivity index (χ4n) is 2.45. The first-order valence-corrected chi connectivity index (χ1v) is 8.71. The van der Waals surface area contributed by atoms with Crippen molar-refractivity contribution < 1.29 is 13.7 Å². The molecule has 1 aromatic carbocycles. The lowest BCUT2D eigenvalue weighted by molar-refractivity contribution is 0.102. The Hall–Kier alpha value is -3.62. The quantitative estimate of drug-likeness (QED) is 0.584. The van der Waals surface area contributed by atoms with Crippen LogP contribution in [0.3, 0.4) is 0 Å². The van der Waals surface area contributed by atoms with Crippen LogP contribution in [-0.2, 0) is 0 Å². The van der Waals surface area contributed by atoms with Crippen molar-refractivity contribution in [3.05, 3.63) is 60.6 Å². The van der Waals surface area contributed by atoms with E-state index in [0.29, 0.717) is 22.9 Å². The Bertz CT molecular complexity index is 1100. The van der Waals surface area contributed by atoms with Crippen LogP contribution in [0.25, 0.3) is 17.0 Å². The van der Waals surface area contributed by atoms with Gasteiger partial charge in [-0.15, -0.1) is 0 Å². The standard InChI is InChI=1S/C16H12N6O2.C3H5F/c1-10-2-3-11(15-19-9-24-21-15)6-12(10)20-16(23)13-7-18-14-4-5-17-8-22(13)14;4-3-1-2-3/h2-9H,1H3,(H,20,23);3H,1-2H2. The van der Waals surface area contributed by atoms with Gasteiger partial charge in [-0.2, -0.15) is 4.98 Å². The number of hydrogen-bond acceptors (Lipinski definition) is 6. The van der Waals surface area contributed by atoms with Crippen molar-refractivity contribution in [2.75, 3.05) is 5.32 Å². The van der Waals surface area contributed by atoms with Gasteiger partial charge in [0.2, 0.25) is 12.2 Å². The van der Waals surface area contributed by atoms with Crippen LogP contribution in [0.1, 0.15) is 28.9 Å². The fraction of sp³-hybridized carbons (Fsp3) is 0.211. The molecule has 1 aliphatic rings. The molecule has 28 heavy (non-hydrogen) atoms. The molecule has 1 saturated carbocycles. The number of benzene rings is 1. The number of carbonyl (C=O) groups excluding carboxylic acids is 1. The van der Waals surface area contributed by atoms with Crippen LogP contribution in [0.15, 0.2) is 53.9 Å². The molecule has 0 aliphatic heterocycles. The second kappa shape index (κ2) is 7.55. The lowest BCUT2D eigenvalue weighted by Gasteiger charge is -2.09. The van der Waals surface area contributed by atoms with Gasteiger partial charge in [-0.25, -0.2) is 14.4 Å². The molecule has 9 heteroatoms. The van der Waals surface area contributed by atoms with Gasteiger partial charge in [0.1, 0.15) is 23.8 Å². The molecular formula is C19H17FN6O2. The summed E-state index contributed by atoms with van der Waals surface area (Å²) in [5, 5.41) is 6.70. The molecule has 1 amide bonds. The molecule has 0 unspecified atom stereocenters. The number of rotatable bonds is 3. The molecule has 0 spiro atoms. The van der Waals surface area contributed by atoms with Crippen LogP contribution < -0.4 is 5.32 Å². The van der Waals surface area contributed by atoms with E-state index in [4.69, 9.17) is 4.52 Å². The van der Waals surface area contributed by atoms with Crippen LogP contribution >= 0.6 is 0 Å². The first-order valence-electron chi connectivity index (χ1n) is 8.71. The number of carbonyl (C=O) groups is 1. The van der Waals surface area contributed by atoms with E-state index in [1.54, 1.807) is 29.1 Å². The van der Waals surface area contributed by atoms with Gasteiger partial charge in [-0.3, -0.25) is 9.20 Å². The number of amides is 1. The van der Waals surface area contributed by atoms with Crippen LogP contribution in [0.4, 0.5) is 10.1 Å². The topological polar surface area (TPSA) is 98.2 Å². The summed E-state index contributed by atoms with van der Waals surface area (Å²) in [7, 11) is 0. The molecule has 3 heterocycles. The van der Waals surface area contributed by atoms with E-state index in [-0.39, 0.29) is 5.91 Å². The van der Waals surface area contributed by atoms with Crippen LogP contribution in [-0.4, -0.2) is 36.6 Å². The number of fused-ring (bicyclic) bond motifs is 1. The SMILES string of the molecule is Cc1ccc(-c2ncon2)cc1NC(=O)c1cnc2ccncn12.FC1CC1. The van der Waals surface area contributed by atoms with Crippen LogP contribution in [0.5, 0.6) is 0 Å². The Morgan fingerprint density at radius 3 is 2.82 bits per heavy atom. The summed E-state index contributed by atoms with van der Waals surface area (Å²) in [6.45, 7) is 1.91. The molecule has 5 rings (SSSR count). The number of halogens is 1. The monoisotopic (exact) mass is 380 g/mol. The van der Waals surface area contributed by atoms with E-state index in [1.165, 1.54) is 12.6 Å². The number of aryl methyl sites for hydroxylation is 1. The highest BCUT2D eigenvalue weighted by Crippen LogP contribution is 2.24. The molecule has 0 radical (unpaired) electrons. The van der Waals surface area contributed by atoms with E-state index in [0.717, 1.165) is 24.0 Å². The van der Waals surface area contributed by atoms with E-state index in [1.807, 2.05) is 19.1 Å². The summed E-state index contributed by atoms with van der Waals surface area (Å²) in [5.41, 5.74) is 3.41. The lowest BCUT2D eigenvalue weighted by atomic mass is 10.1. The third-order valence-corrected chi connectivity index (χ3v) is 4.16. The summed E-state index contributed by atoms with van der Waals surface area (Å²) in [5.74, 6) is 0.188. The van der Waals surface area contributed by atoms with Gasteiger partial charge in [0.15, 0.2) is 0 Å². The molecule has 142 valence electrons. The Morgan fingerprint density at radius 1 is 1.29 bits per heavy atom. The third kappa shape index (κ3) is 3.88. The minimum absolute atomic E-state index is 0.274. The number of alkyl halides is 1. The number of imidazole rings is 1. The largest absolute Gasteiger partial charge is 0.342 e. The Balaban J connectivity index is 0.000000429. The maximum absolute atomic E-state index is 12.6. The van der Waals surface area contributed by atoms with E-state index >= 15 is 0 Å². The molecule has 0 atom stereocenters. The normalized spacial score (nSPS) is 13.1. The van der Waals surface area contributed by atoms with Crippen LogP contribution in [0.2, 0.25) is 0 Å². The number of aromatic nitrogens is 5. The summed E-state index contributed by atoms with van der Waals surface area (Å²) in [4.78, 5) is 24.8. The second-order valence-electron chi connectivity index (χ2n) is 6.37. The number of anilines is 1. The molecule has 0 bridgehead atoms. The average molecular weight is 380 g/mol. The zero-order valence-corrected chi connectivity index (χ0v) is 15.0. The number of hydrogen-bond donors (Lipinski definition) is 1. The van der Waals surface area contributed by atoms with E-state index in [2.05, 4.69) is 25.4 Å². The minimum Gasteiger partial charge on any atom is -0.342 e. The van der Waals surface area contributed by atoms with Crippen molar-refractivity contribution in [3.8, 4) is 11.4 Å². The van der Waals surface area contributed by atoms with Gasteiger partial charge in [-0.1, -0.05) is 17.3 Å². The van der Waals surface area contributed by atoms with Gasteiger partial charge in [0.05, 0.1) is 6.20 Å². The summed E-state index contributed by atoms with van der Waals surface area (Å²) >= 11 is 0. The maximum Gasteiger partial charge on any atom is 0.274 e.